The van der Waals surface area contributed by atoms with Crippen LogP contribution in [0.1, 0.15) is 16.7 Å². The third kappa shape index (κ3) is 3.58. The summed E-state index contributed by atoms with van der Waals surface area (Å²) in [5, 5.41) is 2.94. The third-order valence-corrected chi connectivity index (χ3v) is 3.62. The summed E-state index contributed by atoms with van der Waals surface area (Å²) < 4.78 is 0.506. The van der Waals surface area contributed by atoms with Crippen molar-refractivity contribution in [3.63, 3.8) is 0 Å². The lowest BCUT2D eigenvalue weighted by atomic mass is 10.1. The Hall–Kier alpha value is -1.87. The second-order valence-corrected chi connectivity index (χ2v) is 5.48. The Bertz CT molecular complexity index is 627. The minimum atomic E-state index is -0.147. The lowest BCUT2D eigenvalue weighted by molar-refractivity contribution is -0.112. The van der Waals surface area contributed by atoms with Crippen molar-refractivity contribution < 1.29 is 4.79 Å². The molecular formula is C17H16BrNO. The molecule has 0 aliphatic carbocycles. The first kappa shape index (κ1) is 14.5. The van der Waals surface area contributed by atoms with E-state index in [1.807, 2.05) is 68.5 Å². The van der Waals surface area contributed by atoms with E-state index in [4.69, 9.17) is 0 Å². The summed E-state index contributed by atoms with van der Waals surface area (Å²) in [5.74, 6) is -0.147. The van der Waals surface area contributed by atoms with Crippen molar-refractivity contribution in [2.24, 2.45) is 0 Å². The van der Waals surface area contributed by atoms with E-state index in [1.54, 1.807) is 0 Å². The highest BCUT2D eigenvalue weighted by atomic mass is 79.9. The van der Waals surface area contributed by atoms with Gasteiger partial charge < -0.3 is 5.32 Å². The maximum Gasteiger partial charge on any atom is 0.262 e. The highest BCUT2D eigenvalue weighted by Crippen LogP contribution is 2.21. The predicted molar refractivity (Wildman–Crippen MR) is 87.9 cm³/mol. The largest absolute Gasteiger partial charge is 0.321 e. The number of rotatable bonds is 3. The molecule has 0 heterocycles. The summed E-state index contributed by atoms with van der Waals surface area (Å²) in [7, 11) is 0. The molecule has 2 aromatic rings. The first-order valence-corrected chi connectivity index (χ1v) is 7.17. The average Bonchev–Trinajstić information content (AvgIpc) is 2.44. The molecule has 0 saturated carbocycles. The van der Waals surface area contributed by atoms with Crippen molar-refractivity contribution in [2.75, 3.05) is 5.32 Å². The van der Waals surface area contributed by atoms with Gasteiger partial charge in [0.2, 0.25) is 0 Å². The highest BCUT2D eigenvalue weighted by molar-refractivity contribution is 9.12. The maximum absolute atomic E-state index is 12.2. The molecule has 0 radical (unpaired) electrons. The molecule has 0 atom stereocenters. The van der Waals surface area contributed by atoms with Gasteiger partial charge in [-0.15, -0.1) is 0 Å². The van der Waals surface area contributed by atoms with Gasteiger partial charge in [0.1, 0.15) is 0 Å². The molecule has 0 aromatic heterocycles. The number of aryl methyl sites for hydroxylation is 2. The van der Waals surface area contributed by atoms with Crippen LogP contribution in [0.5, 0.6) is 0 Å². The first-order chi connectivity index (χ1) is 9.58. The van der Waals surface area contributed by atoms with Crippen LogP contribution in [0.3, 0.4) is 0 Å². The van der Waals surface area contributed by atoms with E-state index in [0.717, 1.165) is 22.4 Å². The Labute approximate surface area is 127 Å². The van der Waals surface area contributed by atoms with Gasteiger partial charge in [-0.1, -0.05) is 48.5 Å². The van der Waals surface area contributed by atoms with E-state index in [2.05, 4.69) is 21.2 Å². The summed E-state index contributed by atoms with van der Waals surface area (Å²) in [6.45, 7) is 3.97. The Morgan fingerprint density at radius 1 is 1.00 bits per heavy atom. The van der Waals surface area contributed by atoms with Crippen LogP contribution in [0.2, 0.25) is 0 Å². The molecule has 2 rings (SSSR count). The fourth-order valence-electron chi connectivity index (χ4n) is 1.95. The number of carbonyl (C=O) groups is 1. The van der Waals surface area contributed by atoms with E-state index < -0.39 is 0 Å². The molecule has 2 aromatic carbocycles. The van der Waals surface area contributed by atoms with Gasteiger partial charge in [-0.3, -0.25) is 4.79 Å². The standard InChI is InChI=1S/C17H16BrNO/c1-12-7-6-8-13(2)16(12)19-17(20)15(18)11-14-9-4-3-5-10-14/h3-11H,1-2H3,(H,19,20). The molecule has 2 nitrogen and oxygen atoms in total. The number of halogens is 1. The Kier molecular flexibility index (Phi) is 4.74. The normalized spacial score (nSPS) is 11.2. The fraction of sp³-hybridized carbons (Fsp3) is 0.118. The zero-order valence-corrected chi connectivity index (χ0v) is 13.1. The van der Waals surface area contributed by atoms with Gasteiger partial charge in [0.05, 0.1) is 4.48 Å². The minimum absolute atomic E-state index is 0.147. The minimum Gasteiger partial charge on any atom is -0.321 e. The molecule has 3 heteroatoms. The summed E-state index contributed by atoms with van der Waals surface area (Å²) in [6, 6.07) is 15.7. The second kappa shape index (κ2) is 6.53. The summed E-state index contributed by atoms with van der Waals surface area (Å²) in [6.07, 6.45) is 1.81. The van der Waals surface area contributed by atoms with Crippen molar-refractivity contribution in [2.45, 2.75) is 13.8 Å². The van der Waals surface area contributed by atoms with Gasteiger partial charge in [-0.25, -0.2) is 0 Å². The van der Waals surface area contributed by atoms with Crippen LogP contribution in [-0.4, -0.2) is 5.91 Å². The summed E-state index contributed by atoms with van der Waals surface area (Å²) in [5.41, 5.74) is 3.96. The second-order valence-electron chi connectivity index (χ2n) is 4.62. The zero-order chi connectivity index (χ0) is 14.5. The molecule has 0 aliphatic rings. The Morgan fingerprint density at radius 2 is 1.60 bits per heavy atom. The molecule has 0 spiro atoms. The molecular weight excluding hydrogens is 314 g/mol. The van der Waals surface area contributed by atoms with Gasteiger partial charge in [0.15, 0.2) is 0 Å². The average molecular weight is 330 g/mol. The van der Waals surface area contributed by atoms with Crippen LogP contribution in [-0.2, 0) is 4.79 Å². The van der Waals surface area contributed by atoms with Crippen LogP contribution in [0.15, 0.2) is 53.0 Å². The lowest BCUT2D eigenvalue weighted by Gasteiger charge is -2.11. The van der Waals surface area contributed by atoms with Crippen molar-refractivity contribution in [1.29, 1.82) is 0 Å². The Balaban J connectivity index is 2.18. The van der Waals surface area contributed by atoms with Crippen LogP contribution in [0, 0.1) is 13.8 Å². The van der Waals surface area contributed by atoms with Crippen molar-refractivity contribution >= 4 is 33.6 Å². The molecule has 0 aliphatic heterocycles. The molecule has 20 heavy (non-hydrogen) atoms. The van der Waals surface area contributed by atoms with E-state index in [-0.39, 0.29) is 5.91 Å². The number of nitrogens with one attached hydrogen (secondary N) is 1. The molecule has 102 valence electrons. The van der Waals surface area contributed by atoms with E-state index in [0.29, 0.717) is 4.48 Å². The quantitative estimate of drug-likeness (QED) is 0.814. The number of carbonyl (C=O) groups excluding carboxylic acids is 1. The highest BCUT2D eigenvalue weighted by Gasteiger charge is 2.10. The molecule has 0 bridgehead atoms. The molecule has 1 amide bonds. The van der Waals surface area contributed by atoms with Crippen molar-refractivity contribution in [3.8, 4) is 0 Å². The maximum atomic E-state index is 12.2. The monoisotopic (exact) mass is 329 g/mol. The first-order valence-electron chi connectivity index (χ1n) is 6.38. The van der Waals surface area contributed by atoms with Gasteiger partial charge in [0, 0.05) is 5.69 Å². The molecule has 0 unspecified atom stereocenters. The number of anilines is 1. The topological polar surface area (TPSA) is 29.1 Å². The number of para-hydroxylation sites is 1. The van der Waals surface area contributed by atoms with Crippen LogP contribution >= 0.6 is 15.9 Å². The zero-order valence-electron chi connectivity index (χ0n) is 11.5. The molecule has 0 fully saturated rings. The third-order valence-electron chi connectivity index (χ3n) is 3.03. The number of amides is 1. The van der Waals surface area contributed by atoms with E-state index in [1.165, 1.54) is 0 Å². The summed E-state index contributed by atoms with van der Waals surface area (Å²) in [4.78, 5) is 12.2. The fourth-order valence-corrected chi connectivity index (χ4v) is 2.31. The lowest BCUT2D eigenvalue weighted by Crippen LogP contribution is -2.13. The van der Waals surface area contributed by atoms with Crippen molar-refractivity contribution in [3.05, 3.63) is 69.7 Å². The van der Waals surface area contributed by atoms with Gasteiger partial charge in [0.25, 0.3) is 5.91 Å². The SMILES string of the molecule is Cc1cccc(C)c1NC(=O)C(Br)=Cc1ccccc1. The predicted octanol–water partition coefficient (Wildman–Crippen LogP) is 4.68. The molecule has 0 saturated heterocycles. The van der Waals surface area contributed by atoms with Crippen molar-refractivity contribution in [1.82, 2.24) is 0 Å². The van der Waals surface area contributed by atoms with Gasteiger partial charge in [-0.2, -0.15) is 0 Å². The number of hydrogen-bond donors (Lipinski definition) is 1. The van der Waals surface area contributed by atoms with E-state index in [9.17, 15) is 4.79 Å². The number of hydrogen-bond acceptors (Lipinski definition) is 1. The Morgan fingerprint density at radius 3 is 2.20 bits per heavy atom. The van der Waals surface area contributed by atoms with E-state index >= 15 is 0 Å². The smallest absolute Gasteiger partial charge is 0.262 e. The molecule has 1 N–H and O–H groups in total. The van der Waals surface area contributed by atoms with Crippen LogP contribution in [0.25, 0.3) is 6.08 Å². The van der Waals surface area contributed by atoms with Gasteiger partial charge in [-0.05, 0) is 52.5 Å². The van der Waals surface area contributed by atoms with Gasteiger partial charge >= 0.3 is 0 Å². The van der Waals surface area contributed by atoms with Crippen LogP contribution < -0.4 is 5.32 Å². The van der Waals surface area contributed by atoms with Crippen LogP contribution in [0.4, 0.5) is 5.69 Å². The summed E-state index contributed by atoms with van der Waals surface area (Å²) >= 11 is 3.34. The number of benzene rings is 2.